The van der Waals surface area contributed by atoms with Crippen LogP contribution in [0, 0.1) is 6.92 Å². The highest BCUT2D eigenvalue weighted by atomic mass is 16.5. The van der Waals surface area contributed by atoms with Gasteiger partial charge in [0.2, 0.25) is 0 Å². The van der Waals surface area contributed by atoms with Gasteiger partial charge in [-0.3, -0.25) is 4.79 Å². The first kappa shape index (κ1) is 20.7. The fraction of sp³-hybridized carbons (Fsp3) is 0.222. The minimum atomic E-state index is -0.422. The number of methoxy groups -OCH3 is 1. The van der Waals surface area contributed by atoms with Crippen LogP contribution < -0.4 is 14.4 Å². The Morgan fingerprint density at radius 1 is 1.00 bits per heavy atom. The number of rotatable bonds is 5. The predicted octanol–water partition coefficient (Wildman–Crippen LogP) is 6.03. The van der Waals surface area contributed by atoms with E-state index in [-0.39, 0.29) is 5.91 Å². The number of hydrogen-bond donors (Lipinski definition) is 0. The summed E-state index contributed by atoms with van der Waals surface area (Å²) in [7, 11) is 1.64. The molecule has 158 valence electrons. The van der Waals surface area contributed by atoms with Crippen molar-refractivity contribution in [3.05, 3.63) is 95.1 Å². The van der Waals surface area contributed by atoms with Crippen molar-refractivity contribution in [2.24, 2.45) is 0 Å². The molecule has 1 heterocycles. The van der Waals surface area contributed by atoms with Gasteiger partial charge in [0, 0.05) is 22.4 Å². The van der Waals surface area contributed by atoms with Crippen LogP contribution in [0.1, 0.15) is 40.9 Å². The molecule has 0 saturated carbocycles. The highest BCUT2D eigenvalue weighted by molar-refractivity contribution is 6.07. The Bertz CT molecular complexity index is 1130. The van der Waals surface area contributed by atoms with Crippen LogP contribution in [-0.4, -0.2) is 18.6 Å². The molecule has 1 amide bonds. The minimum absolute atomic E-state index is 0.0507. The molecule has 3 aromatic rings. The lowest BCUT2D eigenvalue weighted by molar-refractivity contribution is 0.0984. The maximum absolute atomic E-state index is 13.6. The molecule has 0 aliphatic carbocycles. The van der Waals surface area contributed by atoms with Gasteiger partial charge in [-0.25, -0.2) is 0 Å². The summed E-state index contributed by atoms with van der Waals surface area (Å²) < 4.78 is 12.0. The number of para-hydroxylation sites is 1. The Kier molecular flexibility index (Phi) is 5.55. The van der Waals surface area contributed by atoms with Crippen LogP contribution in [0.2, 0.25) is 0 Å². The van der Waals surface area contributed by atoms with Gasteiger partial charge in [0.1, 0.15) is 5.60 Å². The molecule has 4 heteroatoms. The van der Waals surface area contributed by atoms with Crippen LogP contribution >= 0.6 is 0 Å². The smallest absolute Gasteiger partial charge is 0.258 e. The van der Waals surface area contributed by atoms with Gasteiger partial charge >= 0.3 is 0 Å². The number of fused-ring (bicyclic) bond motifs is 1. The van der Waals surface area contributed by atoms with Gasteiger partial charge in [0.25, 0.3) is 5.91 Å². The fourth-order valence-corrected chi connectivity index (χ4v) is 3.81. The van der Waals surface area contributed by atoms with E-state index < -0.39 is 5.60 Å². The Balaban J connectivity index is 1.78. The molecule has 0 fully saturated rings. The van der Waals surface area contributed by atoms with Crippen LogP contribution in [0.25, 0.3) is 6.08 Å². The molecule has 0 bridgehead atoms. The van der Waals surface area contributed by atoms with Gasteiger partial charge in [-0.05, 0) is 50.6 Å². The highest BCUT2D eigenvalue weighted by Crippen LogP contribution is 2.42. The van der Waals surface area contributed by atoms with Gasteiger partial charge in [0.15, 0.2) is 11.5 Å². The number of hydrogen-bond acceptors (Lipinski definition) is 3. The second kappa shape index (κ2) is 8.31. The zero-order valence-electron chi connectivity index (χ0n) is 18.4. The molecule has 4 nitrogen and oxygen atoms in total. The average Bonchev–Trinajstić information content (AvgIpc) is 2.77. The SMILES string of the molecule is COc1c(CN(C(=O)c2ccccc2C)c2ccccc2)ccc2c1OC(C)(C)C=C2. The fourth-order valence-electron chi connectivity index (χ4n) is 3.81. The third-order valence-electron chi connectivity index (χ3n) is 5.47. The number of carbonyl (C=O) groups is 1. The summed E-state index contributed by atoms with van der Waals surface area (Å²) in [5, 5.41) is 0. The second-order valence-electron chi connectivity index (χ2n) is 8.26. The van der Waals surface area contributed by atoms with E-state index in [0.29, 0.717) is 23.6 Å². The third-order valence-corrected chi connectivity index (χ3v) is 5.47. The number of amides is 1. The Labute approximate surface area is 183 Å². The lowest BCUT2D eigenvalue weighted by atomic mass is 9.99. The number of benzene rings is 3. The second-order valence-corrected chi connectivity index (χ2v) is 8.26. The molecule has 0 radical (unpaired) electrons. The van der Waals surface area contributed by atoms with E-state index in [9.17, 15) is 4.79 Å². The highest BCUT2D eigenvalue weighted by Gasteiger charge is 2.28. The number of anilines is 1. The molecule has 0 saturated heterocycles. The first-order chi connectivity index (χ1) is 14.9. The molecule has 0 aromatic heterocycles. The molecule has 0 unspecified atom stereocenters. The van der Waals surface area contributed by atoms with Crippen LogP contribution in [0.4, 0.5) is 5.69 Å². The third kappa shape index (κ3) is 4.19. The molecular weight excluding hydrogens is 386 g/mol. The van der Waals surface area contributed by atoms with E-state index in [1.807, 2.05) is 93.6 Å². The molecule has 1 aliphatic rings. The van der Waals surface area contributed by atoms with Crippen molar-refractivity contribution in [1.29, 1.82) is 0 Å². The monoisotopic (exact) mass is 413 g/mol. The summed E-state index contributed by atoms with van der Waals surface area (Å²) in [5.74, 6) is 1.32. The Morgan fingerprint density at radius 2 is 1.71 bits per heavy atom. The van der Waals surface area contributed by atoms with E-state index >= 15 is 0 Å². The van der Waals surface area contributed by atoms with Crippen LogP contribution in [0.15, 0.2) is 72.8 Å². The van der Waals surface area contributed by atoms with Crippen molar-refractivity contribution >= 4 is 17.7 Å². The summed E-state index contributed by atoms with van der Waals surface area (Å²) in [6, 6.07) is 21.4. The number of aryl methyl sites for hydroxylation is 1. The van der Waals surface area contributed by atoms with Crippen LogP contribution in [-0.2, 0) is 6.54 Å². The van der Waals surface area contributed by atoms with E-state index in [1.165, 1.54) is 0 Å². The summed E-state index contributed by atoms with van der Waals surface area (Å²) in [6.45, 7) is 6.34. The maximum atomic E-state index is 13.6. The molecule has 0 atom stereocenters. The largest absolute Gasteiger partial charge is 0.492 e. The molecule has 3 aromatic carbocycles. The average molecular weight is 414 g/mol. The summed E-state index contributed by atoms with van der Waals surface area (Å²) in [6.07, 6.45) is 4.09. The molecule has 0 spiro atoms. The molecule has 4 rings (SSSR count). The van der Waals surface area contributed by atoms with Crippen LogP contribution in [0.5, 0.6) is 11.5 Å². The topological polar surface area (TPSA) is 38.8 Å². The predicted molar refractivity (Wildman–Crippen MR) is 125 cm³/mol. The van der Waals surface area contributed by atoms with E-state index in [1.54, 1.807) is 12.0 Å². The number of ether oxygens (including phenoxy) is 2. The number of nitrogens with zero attached hydrogens (tertiary/aromatic N) is 1. The lowest BCUT2D eigenvalue weighted by Crippen LogP contribution is -2.31. The first-order valence-corrected chi connectivity index (χ1v) is 10.4. The van der Waals surface area contributed by atoms with Gasteiger partial charge < -0.3 is 14.4 Å². The standard InChI is InChI=1S/C27H27NO3/c1-19-10-8-9-13-23(19)26(29)28(22-11-6-5-7-12-22)18-21-15-14-20-16-17-27(2,3)31-25(20)24(21)30-4/h5-17H,18H2,1-4H3. The maximum Gasteiger partial charge on any atom is 0.258 e. The zero-order valence-corrected chi connectivity index (χ0v) is 18.4. The van der Waals surface area contributed by atoms with Gasteiger partial charge in [-0.1, -0.05) is 54.6 Å². The van der Waals surface area contributed by atoms with Crippen molar-refractivity contribution in [3.63, 3.8) is 0 Å². The Morgan fingerprint density at radius 3 is 2.42 bits per heavy atom. The summed E-state index contributed by atoms with van der Waals surface area (Å²) in [4.78, 5) is 15.4. The molecule has 1 aliphatic heterocycles. The van der Waals surface area contributed by atoms with Crippen LogP contribution in [0.3, 0.4) is 0 Å². The lowest BCUT2D eigenvalue weighted by Gasteiger charge is -2.31. The van der Waals surface area contributed by atoms with Crippen molar-refractivity contribution in [2.75, 3.05) is 12.0 Å². The van der Waals surface area contributed by atoms with Crippen molar-refractivity contribution in [3.8, 4) is 11.5 Å². The number of carbonyl (C=O) groups excluding carboxylic acids is 1. The van der Waals surface area contributed by atoms with Crippen molar-refractivity contribution in [1.82, 2.24) is 0 Å². The van der Waals surface area contributed by atoms with E-state index in [4.69, 9.17) is 9.47 Å². The van der Waals surface area contributed by atoms with Gasteiger partial charge in [0.05, 0.1) is 13.7 Å². The molecule has 0 N–H and O–H groups in total. The molecular formula is C27H27NO3. The van der Waals surface area contributed by atoms with Crippen molar-refractivity contribution < 1.29 is 14.3 Å². The molecule has 31 heavy (non-hydrogen) atoms. The quantitative estimate of drug-likeness (QED) is 0.512. The zero-order chi connectivity index (χ0) is 22.0. The Hall–Kier alpha value is -3.53. The van der Waals surface area contributed by atoms with Gasteiger partial charge in [-0.2, -0.15) is 0 Å². The normalized spacial score (nSPS) is 13.8. The summed E-state index contributed by atoms with van der Waals surface area (Å²) in [5.41, 5.74) is 3.89. The summed E-state index contributed by atoms with van der Waals surface area (Å²) >= 11 is 0. The van der Waals surface area contributed by atoms with E-state index in [2.05, 4.69) is 6.08 Å². The first-order valence-electron chi connectivity index (χ1n) is 10.4. The van der Waals surface area contributed by atoms with Crippen molar-refractivity contribution in [2.45, 2.75) is 32.9 Å². The minimum Gasteiger partial charge on any atom is -0.492 e. The van der Waals surface area contributed by atoms with Gasteiger partial charge in [-0.15, -0.1) is 0 Å². The van der Waals surface area contributed by atoms with E-state index in [0.717, 1.165) is 22.4 Å².